The molecule has 6 nitrogen and oxygen atoms in total. The third kappa shape index (κ3) is 2.81. The van der Waals surface area contributed by atoms with Gasteiger partial charge in [0.2, 0.25) is 5.91 Å². The second-order valence-corrected chi connectivity index (χ2v) is 7.10. The molecule has 3 aromatic rings. The molecule has 1 amide bonds. The largest absolute Gasteiger partial charge is 0.373 e. The number of benzene rings is 1. The van der Waals surface area contributed by atoms with Crippen molar-refractivity contribution in [2.45, 2.75) is 20.4 Å². The van der Waals surface area contributed by atoms with Gasteiger partial charge in [0, 0.05) is 31.7 Å². The Kier molecular flexibility index (Phi) is 4.11. The van der Waals surface area contributed by atoms with Crippen molar-refractivity contribution < 1.29 is 4.79 Å². The van der Waals surface area contributed by atoms with Gasteiger partial charge in [0.1, 0.15) is 6.54 Å². The van der Waals surface area contributed by atoms with E-state index in [4.69, 9.17) is 0 Å². The Morgan fingerprint density at radius 1 is 1.15 bits per heavy atom. The minimum atomic E-state index is 0.0367. The summed E-state index contributed by atoms with van der Waals surface area (Å²) in [6.45, 7) is 5.94. The fourth-order valence-corrected chi connectivity index (χ4v) is 3.78. The normalized spacial score (nSPS) is 17.3. The molecule has 1 aromatic carbocycles. The molecular weight excluding hydrogens is 326 g/mol. The first-order chi connectivity index (χ1) is 12.5. The maximum atomic E-state index is 13.2. The van der Waals surface area contributed by atoms with E-state index in [1.54, 1.807) is 10.9 Å². The molecule has 134 valence electrons. The number of hydrogen-bond donors (Lipinski definition) is 0. The molecule has 2 aromatic heterocycles. The van der Waals surface area contributed by atoms with Gasteiger partial charge in [-0.25, -0.2) is 9.67 Å². The monoisotopic (exact) mass is 349 g/mol. The Hall–Kier alpha value is -2.89. The number of rotatable bonds is 2. The maximum absolute atomic E-state index is 13.2. The first-order valence-corrected chi connectivity index (χ1v) is 8.93. The number of hydrogen-bond acceptors (Lipinski definition) is 4. The predicted molar refractivity (Wildman–Crippen MR) is 103 cm³/mol. The minimum Gasteiger partial charge on any atom is -0.373 e. The number of anilines is 2. The molecule has 1 aliphatic heterocycles. The summed E-state index contributed by atoms with van der Waals surface area (Å²) in [6.07, 6.45) is 1.74. The summed E-state index contributed by atoms with van der Waals surface area (Å²) in [5.74, 6) is 0.417. The van der Waals surface area contributed by atoms with Crippen LogP contribution in [0, 0.1) is 12.8 Å². The number of nitrogens with zero attached hydrogens (tertiary/aromatic N) is 5. The predicted octanol–water partition coefficient (Wildman–Crippen LogP) is 2.86. The quantitative estimate of drug-likeness (QED) is 0.714. The van der Waals surface area contributed by atoms with Gasteiger partial charge >= 0.3 is 0 Å². The van der Waals surface area contributed by atoms with E-state index in [2.05, 4.69) is 35.0 Å². The lowest BCUT2D eigenvalue weighted by Gasteiger charge is -2.24. The molecule has 0 saturated heterocycles. The average molecular weight is 349 g/mol. The van der Waals surface area contributed by atoms with Crippen LogP contribution in [0.15, 0.2) is 42.6 Å². The number of aryl methyl sites for hydroxylation is 1. The Morgan fingerprint density at radius 3 is 2.73 bits per heavy atom. The number of fused-ring (bicyclic) bond motifs is 2. The average Bonchev–Trinajstić information content (AvgIpc) is 2.88. The van der Waals surface area contributed by atoms with Gasteiger partial charge in [-0.05, 0) is 37.1 Å². The van der Waals surface area contributed by atoms with Crippen LogP contribution in [0.4, 0.5) is 11.4 Å². The van der Waals surface area contributed by atoms with Crippen LogP contribution in [0.2, 0.25) is 0 Å². The fraction of sp³-hybridized carbons (Fsp3) is 0.350. The van der Waals surface area contributed by atoms with E-state index < -0.39 is 0 Å². The Balaban J connectivity index is 1.70. The Morgan fingerprint density at radius 2 is 1.92 bits per heavy atom. The lowest BCUT2D eigenvalue weighted by Crippen LogP contribution is -2.37. The smallest absolute Gasteiger partial charge is 0.248 e. The second kappa shape index (κ2) is 6.44. The van der Waals surface area contributed by atoms with Crippen molar-refractivity contribution in [2.75, 3.05) is 29.9 Å². The van der Waals surface area contributed by atoms with Crippen molar-refractivity contribution in [2.24, 2.45) is 5.92 Å². The van der Waals surface area contributed by atoms with Gasteiger partial charge < -0.3 is 9.80 Å². The zero-order chi connectivity index (χ0) is 18.3. The molecule has 0 fully saturated rings. The Labute approximate surface area is 153 Å². The summed E-state index contributed by atoms with van der Waals surface area (Å²) >= 11 is 0. The van der Waals surface area contributed by atoms with E-state index in [9.17, 15) is 4.79 Å². The van der Waals surface area contributed by atoms with Crippen LogP contribution in [0.1, 0.15) is 12.6 Å². The molecule has 1 unspecified atom stereocenters. The number of para-hydroxylation sites is 2. The zero-order valence-corrected chi connectivity index (χ0v) is 15.4. The highest BCUT2D eigenvalue weighted by Gasteiger charge is 2.27. The van der Waals surface area contributed by atoms with Crippen LogP contribution in [-0.4, -0.2) is 40.8 Å². The van der Waals surface area contributed by atoms with Gasteiger partial charge in [0.05, 0.1) is 17.1 Å². The minimum absolute atomic E-state index is 0.0367. The molecule has 0 bridgehead atoms. The van der Waals surface area contributed by atoms with Crippen LogP contribution in [0.3, 0.4) is 0 Å². The molecule has 1 aliphatic rings. The second-order valence-electron chi connectivity index (χ2n) is 7.10. The van der Waals surface area contributed by atoms with Crippen molar-refractivity contribution in [1.82, 2.24) is 14.8 Å². The fourth-order valence-electron chi connectivity index (χ4n) is 3.78. The lowest BCUT2D eigenvalue weighted by atomic mass is 10.1. The summed E-state index contributed by atoms with van der Waals surface area (Å²) in [4.78, 5) is 21.7. The van der Waals surface area contributed by atoms with Crippen molar-refractivity contribution in [3.05, 3.63) is 48.3 Å². The van der Waals surface area contributed by atoms with Gasteiger partial charge in [-0.2, -0.15) is 5.10 Å². The molecule has 0 spiro atoms. The van der Waals surface area contributed by atoms with Crippen molar-refractivity contribution in [3.63, 3.8) is 0 Å². The maximum Gasteiger partial charge on any atom is 0.248 e. The summed E-state index contributed by atoms with van der Waals surface area (Å²) in [5.41, 5.74) is 3.70. The highest BCUT2D eigenvalue weighted by molar-refractivity contribution is 5.97. The molecule has 3 heterocycles. The summed E-state index contributed by atoms with van der Waals surface area (Å²) in [6, 6.07) is 12.0. The van der Waals surface area contributed by atoms with Crippen molar-refractivity contribution in [3.8, 4) is 0 Å². The van der Waals surface area contributed by atoms with Gasteiger partial charge in [-0.3, -0.25) is 4.79 Å². The first-order valence-electron chi connectivity index (χ1n) is 8.93. The van der Waals surface area contributed by atoms with Crippen LogP contribution in [-0.2, 0) is 11.3 Å². The summed E-state index contributed by atoms with van der Waals surface area (Å²) in [5, 5.41) is 5.52. The van der Waals surface area contributed by atoms with Gasteiger partial charge in [0.25, 0.3) is 0 Å². The molecule has 0 saturated carbocycles. The van der Waals surface area contributed by atoms with E-state index >= 15 is 0 Å². The SMILES string of the molecule is Cc1nn(CC(=O)N2CC(C)CN(C)c3ccccc32)c2ncccc12. The van der Waals surface area contributed by atoms with Crippen molar-refractivity contribution in [1.29, 1.82) is 0 Å². The molecular formula is C20H23N5O. The van der Waals surface area contributed by atoms with Gasteiger partial charge in [-0.1, -0.05) is 19.1 Å². The zero-order valence-electron chi connectivity index (χ0n) is 15.4. The Bertz CT molecular complexity index is 964. The van der Waals surface area contributed by atoms with E-state index in [0.717, 1.165) is 34.6 Å². The topological polar surface area (TPSA) is 54.3 Å². The lowest BCUT2D eigenvalue weighted by molar-refractivity contribution is -0.119. The van der Waals surface area contributed by atoms with E-state index in [0.29, 0.717) is 12.5 Å². The number of carbonyl (C=O) groups excluding carboxylic acids is 1. The number of pyridine rings is 1. The number of carbonyl (C=O) groups is 1. The highest BCUT2D eigenvalue weighted by Crippen LogP contribution is 2.32. The van der Waals surface area contributed by atoms with Crippen LogP contribution in [0.5, 0.6) is 0 Å². The first kappa shape index (κ1) is 16.6. The van der Waals surface area contributed by atoms with E-state index in [1.807, 2.05) is 42.2 Å². The molecule has 0 radical (unpaired) electrons. The number of amides is 1. The molecule has 0 aliphatic carbocycles. The summed E-state index contributed by atoms with van der Waals surface area (Å²) in [7, 11) is 2.08. The van der Waals surface area contributed by atoms with Crippen LogP contribution >= 0.6 is 0 Å². The molecule has 4 rings (SSSR count). The third-order valence-electron chi connectivity index (χ3n) is 4.94. The van der Waals surface area contributed by atoms with Gasteiger partial charge in [0.15, 0.2) is 5.65 Å². The molecule has 0 N–H and O–H groups in total. The molecule has 26 heavy (non-hydrogen) atoms. The number of aromatic nitrogens is 3. The summed E-state index contributed by atoms with van der Waals surface area (Å²) < 4.78 is 1.72. The standard InChI is InChI=1S/C20H23N5O/c1-14-11-23(3)17-8-4-5-9-18(17)24(12-14)19(26)13-25-20-16(15(2)22-25)7-6-10-21-20/h4-10,14H,11-13H2,1-3H3. The highest BCUT2D eigenvalue weighted by atomic mass is 16.2. The van der Waals surface area contributed by atoms with Gasteiger partial charge in [-0.15, -0.1) is 0 Å². The molecule has 6 heteroatoms. The van der Waals surface area contributed by atoms with Crippen molar-refractivity contribution >= 4 is 28.3 Å². The van der Waals surface area contributed by atoms with Crippen LogP contribution < -0.4 is 9.80 Å². The van der Waals surface area contributed by atoms with E-state index in [-0.39, 0.29) is 12.5 Å². The van der Waals surface area contributed by atoms with Crippen LogP contribution in [0.25, 0.3) is 11.0 Å². The molecule has 1 atom stereocenters. The van der Waals surface area contributed by atoms with E-state index in [1.165, 1.54) is 0 Å². The third-order valence-corrected chi connectivity index (χ3v) is 4.94.